The van der Waals surface area contributed by atoms with Crippen LogP contribution in [-0.4, -0.2) is 29.5 Å². The summed E-state index contributed by atoms with van der Waals surface area (Å²) in [5, 5.41) is 11.3. The van der Waals surface area contributed by atoms with Gasteiger partial charge in [0.2, 0.25) is 5.88 Å². The average Bonchev–Trinajstić information content (AvgIpc) is 2.17. The molecule has 1 aromatic rings. The van der Waals surface area contributed by atoms with E-state index < -0.39 is 5.56 Å². The number of aromatic hydroxyl groups is 1. The molecule has 0 aromatic carbocycles. The third-order valence-corrected chi connectivity index (χ3v) is 2.10. The van der Waals surface area contributed by atoms with Crippen LogP contribution in [0.5, 0.6) is 5.88 Å². The quantitative estimate of drug-likeness (QED) is 0.442. The molecule has 1 heterocycles. The second-order valence-electron chi connectivity index (χ2n) is 3.31. The number of pyridine rings is 1. The molecule has 1 aromatic heterocycles. The lowest BCUT2D eigenvalue weighted by molar-refractivity contribution is -0.627. The van der Waals surface area contributed by atoms with Gasteiger partial charge in [-0.2, -0.15) is 0 Å². The fraction of sp³-hybridized carbons (Fsp3) is 0.400. The van der Waals surface area contributed by atoms with Crippen molar-refractivity contribution >= 4 is 5.78 Å². The molecule has 82 valence electrons. The van der Waals surface area contributed by atoms with Crippen LogP contribution in [0.4, 0.5) is 0 Å². The van der Waals surface area contributed by atoms with Crippen molar-refractivity contribution < 1.29 is 15.2 Å². The normalized spacial score (nSPS) is 10.2. The molecule has 0 amide bonds. The predicted octanol–water partition coefficient (Wildman–Crippen LogP) is -0.763. The maximum atomic E-state index is 11.6. The van der Waals surface area contributed by atoms with E-state index in [4.69, 9.17) is 0 Å². The predicted molar refractivity (Wildman–Crippen MR) is 55.0 cm³/mol. The highest BCUT2D eigenvalue weighted by atomic mass is 16.3. The maximum Gasteiger partial charge on any atom is 0.250 e. The van der Waals surface area contributed by atoms with Crippen molar-refractivity contribution in [3.05, 3.63) is 28.0 Å². The molecule has 0 aliphatic heterocycles. The molecule has 4 N–H and O–H groups in total. The summed E-state index contributed by atoms with van der Waals surface area (Å²) in [5.74, 6) is -0.487. The van der Waals surface area contributed by atoms with Crippen LogP contribution in [0.2, 0.25) is 0 Å². The molecule has 5 nitrogen and oxygen atoms in total. The summed E-state index contributed by atoms with van der Waals surface area (Å²) in [4.78, 5) is 24.5. The number of aromatic nitrogens is 1. The van der Waals surface area contributed by atoms with E-state index in [2.05, 4.69) is 4.98 Å². The zero-order valence-electron chi connectivity index (χ0n) is 8.62. The van der Waals surface area contributed by atoms with Crippen LogP contribution in [0.3, 0.4) is 0 Å². The molecule has 0 unspecified atom stereocenters. The van der Waals surface area contributed by atoms with Gasteiger partial charge in [-0.3, -0.25) is 14.6 Å². The highest BCUT2D eigenvalue weighted by molar-refractivity contribution is 5.97. The van der Waals surface area contributed by atoms with E-state index in [1.807, 2.05) is 12.4 Å². The highest BCUT2D eigenvalue weighted by Crippen LogP contribution is 2.13. The number of aromatic amines is 1. The number of nitrogens with one attached hydrogen (secondary N) is 1. The summed E-state index contributed by atoms with van der Waals surface area (Å²) in [6.07, 6.45) is 1.14. The van der Waals surface area contributed by atoms with Crippen molar-refractivity contribution in [1.29, 1.82) is 0 Å². The number of carbonyl (C=O) groups excluding carboxylic acids is 1. The van der Waals surface area contributed by atoms with E-state index in [9.17, 15) is 14.7 Å². The van der Waals surface area contributed by atoms with Crippen LogP contribution >= 0.6 is 0 Å². The fourth-order valence-corrected chi connectivity index (χ4v) is 1.29. The number of carbonyl (C=O) groups is 1. The van der Waals surface area contributed by atoms with Crippen molar-refractivity contribution in [2.45, 2.75) is 12.8 Å². The van der Waals surface area contributed by atoms with Crippen LogP contribution in [-0.2, 0) is 0 Å². The summed E-state index contributed by atoms with van der Waals surface area (Å²) in [5.41, 5.74) is -0.225. The van der Waals surface area contributed by atoms with E-state index in [1.165, 1.54) is 12.1 Å². The molecule has 1 rings (SSSR count). The van der Waals surface area contributed by atoms with Gasteiger partial charge in [-0.25, -0.2) is 0 Å². The van der Waals surface area contributed by atoms with Gasteiger partial charge in [-0.1, -0.05) is 0 Å². The van der Waals surface area contributed by atoms with E-state index in [-0.39, 0.29) is 17.2 Å². The Kier molecular flexibility index (Phi) is 4.05. The minimum absolute atomic E-state index is 0.148. The number of Topliss-reactive ketones (excluding diaryl/α,β-unsaturated/α-hetero) is 1. The van der Waals surface area contributed by atoms with Crippen LogP contribution < -0.4 is 10.9 Å². The summed E-state index contributed by atoms with van der Waals surface area (Å²) in [6.45, 7) is 0.871. The Balaban J connectivity index is 2.69. The van der Waals surface area contributed by atoms with Crippen LogP contribution in [0.15, 0.2) is 16.9 Å². The van der Waals surface area contributed by atoms with Crippen molar-refractivity contribution in [2.24, 2.45) is 0 Å². The first-order valence-corrected chi connectivity index (χ1v) is 4.88. The third-order valence-electron chi connectivity index (χ3n) is 2.10. The molecule has 0 radical (unpaired) electrons. The van der Waals surface area contributed by atoms with Gasteiger partial charge in [0.15, 0.2) is 5.78 Å². The Morgan fingerprint density at radius 2 is 2.27 bits per heavy atom. The summed E-state index contributed by atoms with van der Waals surface area (Å²) in [6, 6.07) is 2.59. The number of H-pyrrole nitrogens is 1. The second-order valence-corrected chi connectivity index (χ2v) is 3.31. The van der Waals surface area contributed by atoms with Gasteiger partial charge >= 0.3 is 0 Å². The number of hydrogen-bond donors (Lipinski definition) is 3. The van der Waals surface area contributed by atoms with E-state index in [0.29, 0.717) is 6.42 Å². The molecule has 5 heteroatoms. The van der Waals surface area contributed by atoms with Gasteiger partial charge in [0.05, 0.1) is 19.2 Å². The average molecular weight is 211 g/mol. The molecule has 0 saturated carbocycles. The molecule has 0 bridgehead atoms. The van der Waals surface area contributed by atoms with Crippen molar-refractivity contribution in [1.82, 2.24) is 4.98 Å². The lowest BCUT2D eigenvalue weighted by atomic mass is 10.1. The molecule has 15 heavy (non-hydrogen) atoms. The lowest BCUT2D eigenvalue weighted by Gasteiger charge is -2.01. The minimum Gasteiger partial charge on any atom is -0.494 e. The monoisotopic (exact) mass is 211 g/mol. The van der Waals surface area contributed by atoms with Gasteiger partial charge in [0.1, 0.15) is 0 Å². The van der Waals surface area contributed by atoms with E-state index in [0.717, 1.165) is 13.0 Å². The highest BCUT2D eigenvalue weighted by Gasteiger charge is 2.11. The SMILES string of the molecule is C[NH2+]CCCC(=O)c1ccc(=O)[nH]c1O. The summed E-state index contributed by atoms with van der Waals surface area (Å²) < 4.78 is 0. The Morgan fingerprint density at radius 3 is 2.87 bits per heavy atom. The largest absolute Gasteiger partial charge is 0.494 e. The van der Waals surface area contributed by atoms with Gasteiger partial charge in [-0.15, -0.1) is 0 Å². The number of quaternary nitrogens is 1. The van der Waals surface area contributed by atoms with Crippen LogP contribution in [0.1, 0.15) is 23.2 Å². The first-order chi connectivity index (χ1) is 7.15. The molecule has 0 aliphatic rings. The third kappa shape index (κ3) is 3.21. The van der Waals surface area contributed by atoms with E-state index in [1.54, 1.807) is 0 Å². The topological polar surface area (TPSA) is 86.8 Å². The van der Waals surface area contributed by atoms with Gasteiger partial charge < -0.3 is 10.4 Å². The molecule has 0 saturated heterocycles. The van der Waals surface area contributed by atoms with E-state index >= 15 is 0 Å². The van der Waals surface area contributed by atoms with Crippen LogP contribution in [0, 0.1) is 0 Å². The zero-order valence-corrected chi connectivity index (χ0v) is 8.62. The lowest BCUT2D eigenvalue weighted by Crippen LogP contribution is -2.79. The zero-order chi connectivity index (χ0) is 11.3. The summed E-state index contributed by atoms with van der Waals surface area (Å²) >= 11 is 0. The minimum atomic E-state index is -0.411. The number of nitrogens with two attached hydrogens (primary N) is 1. The number of ketones is 1. The van der Waals surface area contributed by atoms with Gasteiger partial charge in [0, 0.05) is 18.9 Å². The van der Waals surface area contributed by atoms with Crippen molar-refractivity contribution in [3.8, 4) is 5.88 Å². The molecule has 0 spiro atoms. The number of rotatable bonds is 5. The Labute approximate surface area is 87.1 Å². The molecular weight excluding hydrogens is 196 g/mol. The molecule has 0 aliphatic carbocycles. The first-order valence-electron chi connectivity index (χ1n) is 4.88. The first kappa shape index (κ1) is 11.5. The Bertz CT molecular complexity index is 398. The maximum absolute atomic E-state index is 11.6. The van der Waals surface area contributed by atoms with Gasteiger partial charge in [-0.05, 0) is 6.07 Å². The molecule has 0 fully saturated rings. The number of hydrogen-bond acceptors (Lipinski definition) is 3. The standard InChI is InChI=1S/C10H14N2O3/c1-11-6-2-3-8(13)7-4-5-9(14)12-10(7)15/h4-5,11H,2-3,6H2,1H3,(H2,12,14,15)/p+1. The summed E-state index contributed by atoms with van der Waals surface area (Å²) in [7, 11) is 1.93. The van der Waals surface area contributed by atoms with Crippen molar-refractivity contribution in [2.75, 3.05) is 13.6 Å². The van der Waals surface area contributed by atoms with Gasteiger partial charge in [0.25, 0.3) is 5.56 Å². The Morgan fingerprint density at radius 1 is 1.53 bits per heavy atom. The smallest absolute Gasteiger partial charge is 0.250 e. The second kappa shape index (κ2) is 5.31. The molecule has 0 atom stereocenters. The Hall–Kier alpha value is -1.62. The fourth-order valence-electron chi connectivity index (χ4n) is 1.29. The molecular formula is C10H15N2O3+. The van der Waals surface area contributed by atoms with Crippen LogP contribution in [0.25, 0.3) is 0 Å². The van der Waals surface area contributed by atoms with Crippen molar-refractivity contribution in [3.63, 3.8) is 0 Å².